The van der Waals surface area contributed by atoms with Crippen LogP contribution in [0.2, 0.25) is 0 Å². The average molecular weight is 577 g/mol. The Morgan fingerprint density at radius 3 is 1.51 bits per heavy atom. The Kier molecular flexibility index (Phi) is 8.67. The monoisotopic (exact) mass is 576 g/mol. The first kappa shape index (κ1) is 28.4. The van der Waals surface area contributed by atoms with Gasteiger partial charge in [0, 0.05) is 27.1 Å². The second-order valence-corrected chi connectivity index (χ2v) is 13.4. The van der Waals surface area contributed by atoms with Crippen LogP contribution in [0.4, 0.5) is 0 Å². The standard InChI is InChI=1S/C40H33O2P/c41-39(37-28-16-23-32(37)30-29-31-17-6-1-7-18-31)40(38(33-19-8-2-9-20-33)34-21-10-3-11-22-34)43(42,35-24-12-4-13-25-35)36-26-14-5-15-27-36/h1-15,17-22,24-27,39,41H,16,23,28H2. The van der Waals surface area contributed by atoms with E-state index in [1.54, 1.807) is 0 Å². The van der Waals surface area contributed by atoms with Crippen molar-refractivity contribution in [3.05, 3.63) is 185 Å². The van der Waals surface area contributed by atoms with Crippen LogP contribution in [0.3, 0.4) is 0 Å². The van der Waals surface area contributed by atoms with Crippen molar-refractivity contribution in [1.82, 2.24) is 0 Å². The molecule has 3 heteroatoms. The van der Waals surface area contributed by atoms with Gasteiger partial charge in [0.15, 0.2) is 7.14 Å². The number of allylic oxidation sites excluding steroid dienone is 1. The summed E-state index contributed by atoms with van der Waals surface area (Å²) in [6.45, 7) is 0. The lowest BCUT2D eigenvalue weighted by Crippen LogP contribution is -2.26. The van der Waals surface area contributed by atoms with Gasteiger partial charge in [-0.15, -0.1) is 0 Å². The maximum atomic E-state index is 16.1. The molecule has 0 saturated carbocycles. The van der Waals surface area contributed by atoms with Crippen molar-refractivity contribution in [3.8, 4) is 11.8 Å². The minimum absolute atomic E-state index is 0.526. The Morgan fingerprint density at radius 2 is 1.02 bits per heavy atom. The quantitative estimate of drug-likeness (QED) is 0.156. The Bertz CT molecular complexity index is 1760. The molecule has 1 aliphatic rings. The molecule has 1 atom stereocenters. The SMILES string of the molecule is O=P(C(=C(c1ccccc1)c1ccccc1)C(O)C1=C(C#Cc2ccccc2)CCC1)(c1ccccc1)c1ccccc1. The number of aliphatic hydroxyl groups is 1. The van der Waals surface area contributed by atoms with Crippen LogP contribution in [0.25, 0.3) is 5.57 Å². The van der Waals surface area contributed by atoms with Gasteiger partial charge < -0.3 is 9.67 Å². The Labute approximate surface area is 254 Å². The van der Waals surface area contributed by atoms with E-state index in [0.29, 0.717) is 22.3 Å². The minimum Gasteiger partial charge on any atom is -0.384 e. The van der Waals surface area contributed by atoms with Crippen LogP contribution in [0, 0.1) is 11.8 Å². The molecule has 1 unspecified atom stereocenters. The smallest absolute Gasteiger partial charge is 0.170 e. The zero-order chi connectivity index (χ0) is 29.5. The zero-order valence-electron chi connectivity index (χ0n) is 23.9. The van der Waals surface area contributed by atoms with Gasteiger partial charge >= 0.3 is 0 Å². The van der Waals surface area contributed by atoms with Crippen LogP contribution < -0.4 is 10.6 Å². The van der Waals surface area contributed by atoms with Crippen molar-refractivity contribution in [1.29, 1.82) is 0 Å². The fourth-order valence-corrected chi connectivity index (χ4v) is 9.00. The predicted molar refractivity (Wildman–Crippen MR) is 179 cm³/mol. The van der Waals surface area contributed by atoms with E-state index in [-0.39, 0.29) is 0 Å². The summed E-state index contributed by atoms with van der Waals surface area (Å²) in [4.78, 5) is 0. The first-order valence-corrected chi connectivity index (χ1v) is 16.4. The summed E-state index contributed by atoms with van der Waals surface area (Å²) >= 11 is 0. The Hall–Kier alpha value is -4.67. The topological polar surface area (TPSA) is 37.3 Å². The summed E-state index contributed by atoms with van der Waals surface area (Å²) in [5, 5.41) is 14.6. The molecular formula is C40H33O2P. The highest BCUT2D eigenvalue weighted by Gasteiger charge is 2.41. The molecule has 1 aliphatic carbocycles. The molecule has 1 N–H and O–H groups in total. The molecule has 0 spiro atoms. The maximum absolute atomic E-state index is 16.1. The van der Waals surface area contributed by atoms with Gasteiger partial charge in [-0.25, -0.2) is 0 Å². The zero-order valence-corrected chi connectivity index (χ0v) is 24.8. The molecule has 0 bridgehead atoms. The molecule has 5 aromatic carbocycles. The van der Waals surface area contributed by atoms with E-state index in [0.717, 1.165) is 46.3 Å². The number of aliphatic hydroxyl groups excluding tert-OH is 1. The van der Waals surface area contributed by atoms with Crippen LogP contribution in [-0.2, 0) is 4.57 Å². The van der Waals surface area contributed by atoms with E-state index in [4.69, 9.17) is 0 Å². The fourth-order valence-electron chi connectivity index (χ4n) is 5.89. The van der Waals surface area contributed by atoms with Crippen LogP contribution in [0.15, 0.2) is 168 Å². The van der Waals surface area contributed by atoms with E-state index in [1.807, 2.05) is 152 Å². The van der Waals surface area contributed by atoms with E-state index >= 15 is 4.57 Å². The van der Waals surface area contributed by atoms with Gasteiger partial charge in [0.2, 0.25) is 0 Å². The van der Waals surface area contributed by atoms with E-state index < -0.39 is 13.2 Å². The van der Waals surface area contributed by atoms with Gasteiger partial charge in [-0.3, -0.25) is 0 Å². The molecule has 0 saturated heterocycles. The van der Waals surface area contributed by atoms with Crippen LogP contribution in [-0.4, -0.2) is 11.2 Å². The van der Waals surface area contributed by atoms with Gasteiger partial charge in [-0.05, 0) is 53.7 Å². The molecule has 0 heterocycles. The number of hydrogen-bond donors (Lipinski definition) is 1. The van der Waals surface area contributed by atoms with Crippen molar-refractivity contribution in [2.75, 3.05) is 0 Å². The van der Waals surface area contributed by atoms with E-state index in [2.05, 4.69) is 11.8 Å². The lowest BCUT2D eigenvalue weighted by atomic mass is 9.93. The Morgan fingerprint density at radius 1 is 0.581 bits per heavy atom. The molecule has 0 fully saturated rings. The van der Waals surface area contributed by atoms with Crippen molar-refractivity contribution in [3.63, 3.8) is 0 Å². The molecule has 6 rings (SSSR count). The molecule has 0 aliphatic heterocycles. The molecular weight excluding hydrogens is 543 g/mol. The third-order valence-corrected chi connectivity index (χ3v) is 11.1. The molecule has 210 valence electrons. The van der Waals surface area contributed by atoms with Crippen molar-refractivity contribution >= 4 is 23.3 Å². The predicted octanol–water partition coefficient (Wildman–Crippen LogP) is 8.35. The van der Waals surface area contributed by atoms with Crippen molar-refractivity contribution in [2.24, 2.45) is 0 Å². The maximum Gasteiger partial charge on any atom is 0.170 e. The third kappa shape index (κ3) is 5.97. The summed E-state index contributed by atoms with van der Waals surface area (Å²) in [5.41, 5.74) is 5.33. The van der Waals surface area contributed by atoms with Crippen molar-refractivity contribution < 1.29 is 9.67 Å². The van der Waals surface area contributed by atoms with Gasteiger partial charge in [0.25, 0.3) is 0 Å². The molecule has 43 heavy (non-hydrogen) atoms. The normalized spacial score (nSPS) is 13.6. The summed E-state index contributed by atoms with van der Waals surface area (Å²) in [5.74, 6) is 6.69. The highest BCUT2D eigenvalue weighted by atomic mass is 31.2. The molecule has 0 aromatic heterocycles. The van der Waals surface area contributed by atoms with Gasteiger partial charge in [0.1, 0.15) is 6.10 Å². The summed E-state index contributed by atoms with van der Waals surface area (Å²) in [7, 11) is -3.59. The first-order valence-electron chi connectivity index (χ1n) is 14.7. The molecule has 2 nitrogen and oxygen atoms in total. The van der Waals surface area contributed by atoms with Gasteiger partial charge in [0.05, 0.1) is 0 Å². The summed E-state index contributed by atoms with van der Waals surface area (Å²) in [6.07, 6.45) is 1.28. The van der Waals surface area contributed by atoms with E-state index in [9.17, 15) is 5.11 Å². The van der Waals surface area contributed by atoms with Crippen LogP contribution in [0.1, 0.15) is 36.0 Å². The number of rotatable bonds is 7. The molecule has 5 aromatic rings. The van der Waals surface area contributed by atoms with Gasteiger partial charge in [-0.2, -0.15) is 0 Å². The van der Waals surface area contributed by atoms with Crippen LogP contribution in [0.5, 0.6) is 0 Å². The number of benzene rings is 5. The summed E-state index contributed by atoms with van der Waals surface area (Å²) < 4.78 is 16.1. The van der Waals surface area contributed by atoms with E-state index in [1.165, 1.54) is 0 Å². The van der Waals surface area contributed by atoms with Gasteiger partial charge in [-0.1, -0.05) is 151 Å². The highest BCUT2D eigenvalue weighted by molar-refractivity contribution is 7.82. The average Bonchev–Trinajstić information content (AvgIpc) is 3.56. The minimum atomic E-state index is -3.59. The molecule has 0 radical (unpaired) electrons. The Balaban J connectivity index is 1.69. The lowest BCUT2D eigenvalue weighted by molar-refractivity contribution is 0.251. The lowest BCUT2D eigenvalue weighted by Gasteiger charge is -2.30. The fraction of sp³-hybridized carbons (Fsp3) is 0.100. The first-order chi connectivity index (χ1) is 21.2. The number of hydrogen-bond acceptors (Lipinski definition) is 2. The van der Waals surface area contributed by atoms with Crippen molar-refractivity contribution in [2.45, 2.75) is 25.4 Å². The second-order valence-electron chi connectivity index (χ2n) is 10.6. The van der Waals surface area contributed by atoms with Crippen LogP contribution >= 0.6 is 7.14 Å². The highest BCUT2D eigenvalue weighted by Crippen LogP contribution is 2.58. The third-order valence-electron chi connectivity index (χ3n) is 7.94. The largest absolute Gasteiger partial charge is 0.384 e. The second kappa shape index (κ2) is 13.1. The summed E-state index contributed by atoms with van der Waals surface area (Å²) in [6, 6.07) is 49.2. The molecule has 0 amide bonds.